The molecule has 3 heterocycles. The molecule has 2 aliphatic rings. The molecule has 0 aliphatic carbocycles. The minimum atomic E-state index is -0.174. The van der Waals surface area contributed by atoms with Gasteiger partial charge in [-0.15, -0.1) is 0 Å². The number of nitrogens with zero attached hydrogens (tertiary/aromatic N) is 2. The first kappa shape index (κ1) is 11.5. The number of hydrogen-bond acceptors (Lipinski definition) is 5. The molecule has 0 radical (unpaired) electrons. The summed E-state index contributed by atoms with van der Waals surface area (Å²) in [4.78, 5) is 15.9. The molecule has 0 spiro atoms. The van der Waals surface area contributed by atoms with Gasteiger partial charge in [0.2, 0.25) is 0 Å². The highest BCUT2D eigenvalue weighted by Gasteiger charge is 2.32. The smallest absolute Gasteiger partial charge is 0.275 e. The molecule has 1 amide bonds. The van der Waals surface area contributed by atoms with Gasteiger partial charge in [0.25, 0.3) is 5.91 Å². The van der Waals surface area contributed by atoms with Crippen LogP contribution in [0, 0.1) is 0 Å². The van der Waals surface area contributed by atoms with Crippen molar-refractivity contribution < 1.29 is 14.6 Å². The van der Waals surface area contributed by atoms with Crippen molar-refractivity contribution in [2.24, 2.45) is 0 Å². The van der Waals surface area contributed by atoms with E-state index >= 15 is 0 Å². The van der Waals surface area contributed by atoms with Crippen LogP contribution in [-0.2, 0) is 4.74 Å². The summed E-state index contributed by atoms with van der Waals surface area (Å²) in [6.07, 6.45) is 2.82. The van der Waals surface area contributed by atoms with Gasteiger partial charge in [-0.2, -0.15) is 0 Å². The van der Waals surface area contributed by atoms with Crippen molar-refractivity contribution in [3.8, 4) is 0 Å². The van der Waals surface area contributed by atoms with Crippen LogP contribution in [0.25, 0.3) is 0 Å². The highest BCUT2D eigenvalue weighted by atomic mass is 16.5. The third-order valence-electron chi connectivity index (χ3n) is 3.31. The molecule has 1 fully saturated rings. The predicted molar refractivity (Wildman–Crippen MR) is 63.0 cm³/mol. The van der Waals surface area contributed by atoms with Crippen LogP contribution in [-0.4, -0.2) is 39.4 Å². The molecule has 2 unspecified atom stereocenters. The number of carbonyl (C=O) groups excluding carboxylic acids is 1. The Morgan fingerprint density at radius 2 is 2.39 bits per heavy atom. The summed E-state index contributed by atoms with van der Waals surface area (Å²) in [6, 6.07) is 0. The summed E-state index contributed by atoms with van der Waals surface area (Å²) in [6.45, 7) is 1.89. The van der Waals surface area contributed by atoms with E-state index in [2.05, 4.69) is 15.6 Å². The first-order valence-corrected chi connectivity index (χ1v) is 6.09. The quantitative estimate of drug-likeness (QED) is 0.692. The van der Waals surface area contributed by atoms with E-state index in [1.807, 2.05) is 11.5 Å². The van der Waals surface area contributed by atoms with Crippen molar-refractivity contribution in [1.29, 1.82) is 0 Å². The molecule has 1 aromatic rings. The predicted octanol–water partition coefficient (Wildman–Crippen LogP) is 0.0543. The Hall–Kier alpha value is -1.60. The minimum Gasteiger partial charge on any atom is -0.394 e. The third kappa shape index (κ3) is 1.75. The molecule has 98 valence electrons. The van der Waals surface area contributed by atoms with Gasteiger partial charge in [-0.1, -0.05) is 0 Å². The van der Waals surface area contributed by atoms with Gasteiger partial charge in [-0.25, -0.2) is 4.98 Å². The molecule has 2 aliphatic heterocycles. The molecule has 3 atom stereocenters. The molecular formula is C11H16N4O3. The summed E-state index contributed by atoms with van der Waals surface area (Å²) < 4.78 is 7.53. The van der Waals surface area contributed by atoms with Crippen molar-refractivity contribution in [2.45, 2.75) is 38.3 Å². The Labute approximate surface area is 104 Å². The average Bonchev–Trinajstić information content (AvgIpc) is 2.93. The Bertz CT molecular complexity index is 473. The second kappa shape index (κ2) is 4.25. The lowest BCUT2D eigenvalue weighted by Crippen LogP contribution is -2.43. The Kier molecular flexibility index (Phi) is 2.71. The molecule has 1 saturated heterocycles. The number of anilines is 1. The van der Waals surface area contributed by atoms with Gasteiger partial charge >= 0.3 is 0 Å². The van der Waals surface area contributed by atoms with Gasteiger partial charge in [0.05, 0.1) is 25.2 Å². The molecule has 1 aromatic heterocycles. The zero-order chi connectivity index (χ0) is 12.7. The van der Waals surface area contributed by atoms with E-state index in [1.165, 1.54) is 0 Å². The molecule has 7 heteroatoms. The maximum Gasteiger partial charge on any atom is 0.275 e. The molecule has 0 bridgehead atoms. The number of amides is 1. The second-order valence-corrected chi connectivity index (χ2v) is 4.66. The summed E-state index contributed by atoms with van der Waals surface area (Å²) in [5.74, 6) is 0.515. The van der Waals surface area contributed by atoms with Crippen LogP contribution >= 0.6 is 0 Å². The van der Waals surface area contributed by atoms with Crippen molar-refractivity contribution >= 4 is 11.7 Å². The highest BCUT2D eigenvalue weighted by Crippen LogP contribution is 2.32. The molecule has 3 N–H and O–H groups in total. The van der Waals surface area contributed by atoms with E-state index < -0.39 is 0 Å². The standard InChI is InChI=1S/C11H16N4O3/c1-6-13-10-9(11(17)14-6)12-5-15(10)8-3-2-7(4-16)18-8/h5-8,13,16H,2-4H2,1H3,(H,14,17)/t6?,7?,8-/m1/s1. The van der Waals surface area contributed by atoms with Crippen LogP contribution in [0.5, 0.6) is 0 Å². The van der Waals surface area contributed by atoms with Gasteiger partial charge in [-0.3, -0.25) is 9.36 Å². The lowest BCUT2D eigenvalue weighted by atomic mass is 10.2. The second-order valence-electron chi connectivity index (χ2n) is 4.66. The number of rotatable bonds is 2. The Morgan fingerprint density at radius 1 is 1.56 bits per heavy atom. The van der Waals surface area contributed by atoms with Crippen LogP contribution in [0.15, 0.2) is 6.33 Å². The SMILES string of the molecule is CC1NC(=O)c2ncn([C@H]3CCC(CO)O3)c2N1. The number of ether oxygens (including phenoxy) is 1. The van der Waals surface area contributed by atoms with Crippen molar-refractivity contribution in [1.82, 2.24) is 14.9 Å². The fraction of sp³-hybridized carbons (Fsp3) is 0.636. The number of nitrogens with one attached hydrogen (secondary N) is 2. The van der Waals surface area contributed by atoms with Crippen LogP contribution in [0.4, 0.5) is 5.82 Å². The van der Waals surface area contributed by atoms with Crippen molar-refractivity contribution in [3.05, 3.63) is 12.0 Å². The first-order valence-electron chi connectivity index (χ1n) is 6.09. The number of imidazole rings is 1. The lowest BCUT2D eigenvalue weighted by molar-refractivity contribution is -0.0215. The van der Waals surface area contributed by atoms with Gasteiger partial charge in [0.1, 0.15) is 12.0 Å². The van der Waals surface area contributed by atoms with E-state index in [0.29, 0.717) is 11.5 Å². The van der Waals surface area contributed by atoms with E-state index in [-0.39, 0.29) is 31.0 Å². The third-order valence-corrected chi connectivity index (χ3v) is 3.31. The van der Waals surface area contributed by atoms with E-state index in [9.17, 15) is 4.79 Å². The van der Waals surface area contributed by atoms with Gasteiger partial charge in [-0.05, 0) is 19.8 Å². The monoisotopic (exact) mass is 252 g/mol. The molecular weight excluding hydrogens is 236 g/mol. The number of aromatic nitrogens is 2. The van der Waals surface area contributed by atoms with E-state index in [4.69, 9.17) is 9.84 Å². The summed E-state index contributed by atoms with van der Waals surface area (Å²) >= 11 is 0. The largest absolute Gasteiger partial charge is 0.394 e. The number of aliphatic hydroxyl groups excluding tert-OH is 1. The number of carbonyl (C=O) groups is 1. The molecule has 7 nitrogen and oxygen atoms in total. The maximum atomic E-state index is 11.7. The fourth-order valence-electron chi connectivity index (χ4n) is 2.42. The van der Waals surface area contributed by atoms with E-state index in [1.54, 1.807) is 6.33 Å². The number of hydrogen-bond donors (Lipinski definition) is 3. The van der Waals surface area contributed by atoms with E-state index in [0.717, 1.165) is 12.8 Å². The molecule has 0 saturated carbocycles. The maximum absolute atomic E-state index is 11.7. The lowest BCUT2D eigenvalue weighted by Gasteiger charge is -2.25. The van der Waals surface area contributed by atoms with Gasteiger partial charge in [0.15, 0.2) is 5.69 Å². The topological polar surface area (TPSA) is 88.4 Å². The van der Waals surface area contributed by atoms with Gasteiger partial charge < -0.3 is 20.5 Å². The molecule has 18 heavy (non-hydrogen) atoms. The van der Waals surface area contributed by atoms with Crippen LogP contribution in [0.2, 0.25) is 0 Å². The number of aliphatic hydroxyl groups is 1. The van der Waals surface area contributed by atoms with Crippen LogP contribution in [0.3, 0.4) is 0 Å². The normalized spacial score (nSPS) is 30.8. The highest BCUT2D eigenvalue weighted by molar-refractivity contribution is 5.99. The first-order chi connectivity index (χ1) is 8.69. The van der Waals surface area contributed by atoms with Crippen LogP contribution in [0.1, 0.15) is 36.5 Å². The molecule has 3 rings (SSSR count). The summed E-state index contributed by atoms with van der Waals surface area (Å²) in [5.41, 5.74) is 0.393. The minimum absolute atomic E-state index is 0.0255. The zero-order valence-electron chi connectivity index (χ0n) is 10.1. The Balaban J connectivity index is 1.88. The van der Waals surface area contributed by atoms with Gasteiger partial charge in [0, 0.05) is 0 Å². The fourth-order valence-corrected chi connectivity index (χ4v) is 2.42. The summed E-state index contributed by atoms with van der Waals surface area (Å²) in [5, 5.41) is 15.0. The summed E-state index contributed by atoms with van der Waals surface area (Å²) in [7, 11) is 0. The van der Waals surface area contributed by atoms with Crippen molar-refractivity contribution in [2.75, 3.05) is 11.9 Å². The zero-order valence-corrected chi connectivity index (χ0v) is 10.1. The Morgan fingerprint density at radius 3 is 3.11 bits per heavy atom. The van der Waals surface area contributed by atoms with Crippen molar-refractivity contribution in [3.63, 3.8) is 0 Å². The number of fused-ring (bicyclic) bond motifs is 1. The molecule has 0 aromatic carbocycles. The average molecular weight is 252 g/mol. The van der Waals surface area contributed by atoms with Crippen LogP contribution < -0.4 is 10.6 Å².